The van der Waals surface area contributed by atoms with E-state index in [9.17, 15) is 4.79 Å². The molecule has 1 aliphatic carbocycles. The summed E-state index contributed by atoms with van der Waals surface area (Å²) < 4.78 is 0. The number of hydrogen-bond acceptors (Lipinski definition) is 3. The molecule has 2 atom stereocenters. The molecule has 0 spiro atoms. The summed E-state index contributed by atoms with van der Waals surface area (Å²) >= 11 is 6.11. The van der Waals surface area contributed by atoms with Crippen molar-refractivity contribution in [3.8, 4) is 11.3 Å². The minimum Gasteiger partial charge on any atom is -0.356 e. The van der Waals surface area contributed by atoms with Crippen LogP contribution in [-0.4, -0.2) is 22.1 Å². The molecule has 0 fully saturated rings. The Balaban J connectivity index is 1.86. The summed E-state index contributed by atoms with van der Waals surface area (Å²) in [6, 6.07) is 14.0. The van der Waals surface area contributed by atoms with E-state index in [4.69, 9.17) is 11.6 Å². The molecule has 0 aliphatic heterocycles. The fraction of sp³-hybridized carbons (Fsp3) is 0.238. The molecule has 4 nitrogen and oxygen atoms in total. The summed E-state index contributed by atoms with van der Waals surface area (Å²) in [4.78, 5) is 19.5. The van der Waals surface area contributed by atoms with Crippen LogP contribution in [0.15, 0.2) is 54.9 Å². The number of aromatic nitrogens is 2. The van der Waals surface area contributed by atoms with Gasteiger partial charge in [-0.1, -0.05) is 18.2 Å². The number of nitrogens with one attached hydrogen (secondary N) is 2. The van der Waals surface area contributed by atoms with Gasteiger partial charge in [-0.05, 0) is 43.0 Å². The van der Waals surface area contributed by atoms with E-state index in [0.717, 1.165) is 53.0 Å². The maximum Gasteiger partial charge on any atom is 0.127 e. The highest BCUT2D eigenvalue weighted by atomic mass is 35.5. The summed E-state index contributed by atoms with van der Waals surface area (Å²) in [6.45, 7) is 0. The lowest BCUT2D eigenvalue weighted by Crippen LogP contribution is -2.20. The number of carbonyl (C=O) groups is 1. The number of halogens is 1. The molecule has 3 aromatic rings. The highest BCUT2D eigenvalue weighted by Crippen LogP contribution is 2.44. The summed E-state index contributed by atoms with van der Waals surface area (Å²) in [6.07, 6.45) is 6.26. The number of pyridine rings is 1. The number of alkyl halides is 1. The van der Waals surface area contributed by atoms with Gasteiger partial charge in [-0.25, -0.2) is 0 Å². The lowest BCUT2D eigenvalue weighted by Gasteiger charge is -2.26. The Morgan fingerprint density at radius 2 is 1.96 bits per heavy atom. The van der Waals surface area contributed by atoms with Crippen molar-refractivity contribution >= 4 is 29.3 Å². The van der Waals surface area contributed by atoms with Crippen LogP contribution in [0.4, 0.5) is 11.4 Å². The third-order valence-corrected chi connectivity index (χ3v) is 5.40. The molecule has 2 N–H and O–H groups in total. The van der Waals surface area contributed by atoms with Gasteiger partial charge in [0.2, 0.25) is 0 Å². The van der Waals surface area contributed by atoms with Gasteiger partial charge in [0.25, 0.3) is 0 Å². The highest BCUT2D eigenvalue weighted by Gasteiger charge is 2.32. The number of H-pyrrole nitrogens is 1. The Morgan fingerprint density at radius 3 is 2.65 bits per heavy atom. The first kappa shape index (κ1) is 16.9. The number of anilines is 2. The molecule has 2 aromatic heterocycles. The molecule has 5 heteroatoms. The van der Waals surface area contributed by atoms with Crippen LogP contribution in [0.2, 0.25) is 0 Å². The number of nitrogens with zero attached hydrogens (tertiary/aromatic N) is 1. The second-order valence-corrected chi connectivity index (χ2v) is 7.01. The number of aromatic amines is 1. The van der Waals surface area contributed by atoms with Crippen LogP contribution in [0, 0.1) is 5.92 Å². The van der Waals surface area contributed by atoms with Gasteiger partial charge < -0.3 is 15.1 Å². The van der Waals surface area contributed by atoms with E-state index in [2.05, 4.69) is 15.3 Å². The van der Waals surface area contributed by atoms with Gasteiger partial charge in [-0.15, -0.1) is 11.6 Å². The van der Waals surface area contributed by atoms with Crippen molar-refractivity contribution in [1.82, 2.24) is 9.97 Å². The average molecular weight is 366 g/mol. The van der Waals surface area contributed by atoms with Gasteiger partial charge in [0.1, 0.15) is 6.29 Å². The molecule has 0 amide bonds. The van der Waals surface area contributed by atoms with Gasteiger partial charge in [-0.3, -0.25) is 4.98 Å². The predicted molar refractivity (Wildman–Crippen MR) is 105 cm³/mol. The molecule has 2 unspecified atom stereocenters. The molecule has 0 bridgehead atoms. The smallest absolute Gasteiger partial charge is 0.127 e. The Labute approximate surface area is 157 Å². The normalized spacial score (nSPS) is 19.0. The van der Waals surface area contributed by atoms with Crippen molar-refractivity contribution in [2.75, 3.05) is 11.2 Å². The molecular formula is C21H20ClN3O. The zero-order chi connectivity index (χ0) is 17.9. The molecule has 1 aromatic carbocycles. The molecule has 0 radical (unpaired) electrons. The lowest BCUT2D eigenvalue weighted by atomic mass is 9.80. The van der Waals surface area contributed by atoms with Gasteiger partial charge in [-0.2, -0.15) is 0 Å². The second-order valence-electron chi connectivity index (χ2n) is 6.70. The summed E-state index contributed by atoms with van der Waals surface area (Å²) in [7, 11) is 0. The van der Waals surface area contributed by atoms with Gasteiger partial charge in [0, 0.05) is 46.7 Å². The fourth-order valence-corrected chi connectivity index (χ4v) is 3.99. The molecule has 1 aliphatic rings. The van der Waals surface area contributed by atoms with Crippen LogP contribution in [0.3, 0.4) is 0 Å². The quantitative estimate of drug-likeness (QED) is 0.499. The molecule has 4 rings (SSSR count). The van der Waals surface area contributed by atoms with E-state index >= 15 is 0 Å². The standard InChI is InChI=1S/C21H20ClN3O/c22-12-14-10-16(13-26)19-18(11-14)25-20(15-6-8-23-9-7-15)21(19)24-17-4-2-1-3-5-17/h1-9,13-14,16,24-25H,10-12H2. The van der Waals surface area contributed by atoms with E-state index < -0.39 is 0 Å². The van der Waals surface area contributed by atoms with Crippen molar-refractivity contribution < 1.29 is 4.79 Å². The fourth-order valence-electron chi connectivity index (χ4n) is 3.76. The van der Waals surface area contributed by atoms with Crippen LogP contribution in [0.5, 0.6) is 0 Å². The minimum atomic E-state index is -0.152. The first-order valence-corrected chi connectivity index (χ1v) is 9.32. The largest absolute Gasteiger partial charge is 0.356 e. The van der Waals surface area contributed by atoms with Gasteiger partial charge in [0.15, 0.2) is 0 Å². The Hall–Kier alpha value is -2.59. The zero-order valence-corrected chi connectivity index (χ0v) is 15.0. The number of rotatable bonds is 5. The Kier molecular flexibility index (Phi) is 4.76. The van der Waals surface area contributed by atoms with Crippen molar-refractivity contribution in [3.63, 3.8) is 0 Å². The van der Waals surface area contributed by atoms with E-state index in [-0.39, 0.29) is 5.92 Å². The van der Waals surface area contributed by atoms with Crippen LogP contribution in [0.25, 0.3) is 11.3 Å². The molecule has 0 saturated carbocycles. The third kappa shape index (κ3) is 3.13. The van der Waals surface area contributed by atoms with Crippen LogP contribution in [-0.2, 0) is 11.2 Å². The van der Waals surface area contributed by atoms with E-state index in [0.29, 0.717) is 11.8 Å². The van der Waals surface area contributed by atoms with Crippen molar-refractivity contribution in [3.05, 3.63) is 66.1 Å². The van der Waals surface area contributed by atoms with E-state index in [1.165, 1.54) is 0 Å². The number of hydrogen-bond donors (Lipinski definition) is 2. The average Bonchev–Trinajstić information content (AvgIpc) is 3.07. The number of aldehydes is 1. The van der Waals surface area contributed by atoms with Gasteiger partial charge in [0.05, 0.1) is 11.4 Å². The molecule has 132 valence electrons. The van der Waals surface area contributed by atoms with Gasteiger partial charge >= 0.3 is 0 Å². The number of benzene rings is 1. The molecule has 0 saturated heterocycles. The van der Waals surface area contributed by atoms with Crippen LogP contribution < -0.4 is 5.32 Å². The predicted octanol–water partition coefficient (Wildman–Crippen LogP) is 4.90. The Morgan fingerprint density at radius 1 is 1.19 bits per heavy atom. The Bertz CT molecular complexity index is 892. The number of fused-ring (bicyclic) bond motifs is 1. The maximum absolute atomic E-state index is 11.8. The first-order valence-electron chi connectivity index (χ1n) is 8.78. The first-order chi connectivity index (χ1) is 12.8. The maximum atomic E-state index is 11.8. The van der Waals surface area contributed by atoms with Crippen LogP contribution in [0.1, 0.15) is 23.6 Å². The highest BCUT2D eigenvalue weighted by molar-refractivity contribution is 6.18. The van der Waals surface area contributed by atoms with Crippen molar-refractivity contribution in [1.29, 1.82) is 0 Å². The summed E-state index contributed by atoms with van der Waals surface area (Å²) in [5.41, 5.74) is 6.17. The van der Waals surface area contributed by atoms with Crippen molar-refractivity contribution in [2.45, 2.75) is 18.8 Å². The topological polar surface area (TPSA) is 57.8 Å². The number of carbonyl (C=O) groups excluding carboxylic acids is 1. The zero-order valence-electron chi connectivity index (χ0n) is 14.3. The van der Waals surface area contributed by atoms with E-state index in [1.54, 1.807) is 12.4 Å². The minimum absolute atomic E-state index is 0.152. The third-order valence-electron chi connectivity index (χ3n) is 4.97. The van der Waals surface area contributed by atoms with Crippen LogP contribution >= 0.6 is 11.6 Å². The molecule has 26 heavy (non-hydrogen) atoms. The summed E-state index contributed by atoms with van der Waals surface area (Å²) in [5.74, 6) is 0.725. The summed E-state index contributed by atoms with van der Waals surface area (Å²) in [5, 5.41) is 3.53. The molecular weight excluding hydrogens is 346 g/mol. The molecule has 2 heterocycles. The monoisotopic (exact) mass is 365 g/mol. The van der Waals surface area contributed by atoms with Crippen molar-refractivity contribution in [2.24, 2.45) is 5.92 Å². The SMILES string of the molecule is O=CC1CC(CCl)Cc2[nH]c(-c3ccncc3)c(Nc3ccccc3)c21. The van der Waals surface area contributed by atoms with E-state index in [1.807, 2.05) is 42.5 Å². The second kappa shape index (κ2) is 7.34. The lowest BCUT2D eigenvalue weighted by molar-refractivity contribution is -0.109. The number of para-hydroxylation sites is 1.